The molecule has 0 amide bonds. The van der Waals surface area contributed by atoms with Crippen molar-refractivity contribution in [2.24, 2.45) is 20.5 Å². The molecule has 0 aromatic heterocycles. The maximum atomic E-state index is 12.7. The number of fused-ring (bicyclic) bond motifs is 2. The summed E-state index contributed by atoms with van der Waals surface area (Å²) in [5.41, 5.74) is -0.661. The van der Waals surface area contributed by atoms with Crippen molar-refractivity contribution in [3.8, 4) is 11.5 Å². The molecule has 284 valence electrons. The minimum Gasteiger partial charge on any atom is -0.871 e. The third-order valence-electron chi connectivity index (χ3n) is 7.55. The van der Waals surface area contributed by atoms with Gasteiger partial charge in [-0.25, -0.2) is 16.8 Å². The van der Waals surface area contributed by atoms with Gasteiger partial charge >= 0.3 is 118 Å². The van der Waals surface area contributed by atoms with Crippen LogP contribution in [0, 0.1) is 0 Å². The third-order valence-corrected chi connectivity index (χ3v) is 12.0. The zero-order valence-corrected chi connectivity index (χ0v) is 42.9. The van der Waals surface area contributed by atoms with Crippen molar-refractivity contribution in [2.45, 2.75) is 29.4 Å². The maximum Gasteiger partial charge on any atom is 1.00 e. The van der Waals surface area contributed by atoms with E-state index < -0.39 is 93.7 Å². The molecule has 0 fully saturated rings. The largest absolute Gasteiger partial charge is 1.00 e. The normalized spacial score (nSPS) is 12.1. The average Bonchev–Trinajstić information content (AvgIpc) is 3.09. The van der Waals surface area contributed by atoms with E-state index in [0.29, 0.717) is 21.9 Å². The molecule has 59 heavy (non-hydrogen) atoms. The summed E-state index contributed by atoms with van der Waals surface area (Å²) in [6, 6.07) is 19.2. The van der Waals surface area contributed by atoms with Gasteiger partial charge in [0.1, 0.15) is 30.0 Å². The standard InChI is InChI=1S/C32H22N4O14S5.4Na/c37-25-11-1-17-13-23(52(39,40)41)15-27(54(45,46)47)29(17)31(25)35-33-19-3-7-21(8-4-19)51-22-9-5-20(6-10-22)34-36-32-26(38)12-2-18-14-24(53(42,43)44)16-28(30(18)32)55(48,49)50;;;;/h1-16,37-38H,(H,39,40,41)(H,42,43,44)(H,45,46,47)(H,48,49,50);;;;/q;4*+1/p-4. The fourth-order valence-electron chi connectivity index (χ4n) is 5.13. The number of azo groups is 2. The van der Waals surface area contributed by atoms with Gasteiger partial charge in [-0.3, -0.25) is 9.11 Å². The van der Waals surface area contributed by atoms with E-state index in [9.17, 15) is 62.1 Å². The molecule has 0 saturated carbocycles. The molecule has 2 N–H and O–H groups in total. The van der Waals surface area contributed by atoms with Crippen LogP contribution in [-0.2, 0) is 40.5 Å². The van der Waals surface area contributed by atoms with Gasteiger partial charge < -0.3 is 19.3 Å². The van der Waals surface area contributed by atoms with Crippen LogP contribution in [0.3, 0.4) is 0 Å². The van der Waals surface area contributed by atoms with Crippen LogP contribution in [0.25, 0.3) is 21.5 Å². The van der Waals surface area contributed by atoms with Gasteiger partial charge in [0.25, 0.3) is 20.2 Å². The fourth-order valence-corrected chi connectivity index (χ4v) is 8.66. The number of hydrogen-bond acceptors (Lipinski definition) is 17. The first kappa shape index (κ1) is 53.8. The van der Waals surface area contributed by atoms with Crippen molar-refractivity contribution in [1.82, 2.24) is 0 Å². The summed E-state index contributed by atoms with van der Waals surface area (Å²) in [4.78, 5) is -2.56. The second-order valence-electron chi connectivity index (χ2n) is 11.2. The van der Waals surface area contributed by atoms with Gasteiger partial charge in [0.15, 0.2) is 0 Å². The topological polar surface area (TPSA) is 319 Å². The van der Waals surface area contributed by atoms with Crippen molar-refractivity contribution in [1.29, 1.82) is 0 Å². The molecular weight excluding hydrogens is 917 g/mol. The van der Waals surface area contributed by atoms with Crippen molar-refractivity contribution >= 4 is 96.5 Å². The molecule has 0 radical (unpaired) electrons. The summed E-state index contributed by atoms with van der Waals surface area (Å²) in [7, 11) is -20.6. The first-order valence-electron chi connectivity index (χ1n) is 14.7. The minimum absolute atomic E-state index is 0. The molecule has 0 aliphatic rings. The van der Waals surface area contributed by atoms with Crippen molar-refractivity contribution < 1.29 is 180 Å². The molecule has 0 spiro atoms. The molecular formula is C32H18N4Na4O14S5. The number of hydrogen-bond donors (Lipinski definition) is 2. The smallest absolute Gasteiger partial charge is 0.871 e. The van der Waals surface area contributed by atoms with E-state index >= 15 is 0 Å². The second-order valence-corrected chi connectivity index (χ2v) is 17.9. The predicted molar refractivity (Wildman–Crippen MR) is 188 cm³/mol. The number of nitrogens with zero attached hydrogens (tertiary/aromatic N) is 4. The van der Waals surface area contributed by atoms with Crippen molar-refractivity contribution in [3.05, 3.63) is 97.1 Å². The zero-order chi connectivity index (χ0) is 40.1. The molecule has 0 saturated heterocycles. The average molecular weight is 935 g/mol. The van der Waals surface area contributed by atoms with Gasteiger partial charge in [-0.1, -0.05) is 47.5 Å². The summed E-state index contributed by atoms with van der Waals surface area (Å²) in [5.74, 6) is -1.62. The van der Waals surface area contributed by atoms with E-state index in [1.807, 2.05) is 0 Å². The Bertz CT molecular complexity index is 2880. The van der Waals surface area contributed by atoms with Crippen LogP contribution >= 0.6 is 11.8 Å². The first-order chi connectivity index (χ1) is 25.6. The monoisotopic (exact) mass is 934 g/mol. The molecule has 0 heterocycles. The Morgan fingerprint density at radius 3 is 1.07 bits per heavy atom. The molecule has 0 atom stereocenters. The van der Waals surface area contributed by atoms with E-state index in [4.69, 9.17) is 0 Å². The first-order valence-corrected chi connectivity index (χ1v) is 21.2. The van der Waals surface area contributed by atoms with E-state index in [1.165, 1.54) is 36.0 Å². The summed E-state index contributed by atoms with van der Waals surface area (Å²) >= 11 is 1.28. The Labute approximate surface area is 429 Å². The van der Waals surface area contributed by atoms with Crippen LogP contribution in [0.2, 0.25) is 0 Å². The summed E-state index contributed by atoms with van der Waals surface area (Å²) in [5, 5.41) is 39.8. The Hall–Kier alpha value is -1.37. The third kappa shape index (κ3) is 12.9. The SMILES string of the molecule is O=S(=O)([O-])c1cc(S(=O)(=O)O)c2c(N=Nc3ccc(Sc4ccc(N=Nc5c([O-])ccc6cc(S(=O)(=O)[O-])cc(S(=O)(=O)O)c56)cc4)cc3)c([O-])ccc2c1.[Na+].[Na+].[Na+].[Na+]. The molecule has 0 bridgehead atoms. The summed E-state index contributed by atoms with van der Waals surface area (Å²) in [6.07, 6.45) is 0. The van der Waals surface area contributed by atoms with E-state index in [-0.39, 0.29) is 140 Å². The molecule has 0 aliphatic carbocycles. The minimum atomic E-state index is -5.14. The van der Waals surface area contributed by atoms with Crippen molar-refractivity contribution in [2.75, 3.05) is 0 Å². The summed E-state index contributed by atoms with van der Waals surface area (Å²) in [6.45, 7) is 0. The van der Waals surface area contributed by atoms with Gasteiger partial charge in [0.2, 0.25) is 0 Å². The van der Waals surface area contributed by atoms with Gasteiger partial charge in [-0.15, -0.1) is 0 Å². The van der Waals surface area contributed by atoms with Crippen LogP contribution in [0.4, 0.5) is 22.7 Å². The predicted octanol–water partition coefficient (Wildman–Crippen LogP) is -6.56. The van der Waals surface area contributed by atoms with Gasteiger partial charge in [0, 0.05) is 20.6 Å². The molecule has 6 rings (SSSR count). The molecule has 6 aromatic rings. The quantitative estimate of drug-likeness (QED) is 0.0733. The molecule has 18 nitrogen and oxygen atoms in total. The Kier molecular flexibility index (Phi) is 19.0. The van der Waals surface area contributed by atoms with Gasteiger partial charge in [-0.2, -0.15) is 37.3 Å². The van der Waals surface area contributed by atoms with Gasteiger partial charge in [-0.05, 0) is 83.6 Å². The van der Waals surface area contributed by atoms with E-state index in [1.54, 1.807) is 24.3 Å². The van der Waals surface area contributed by atoms with Crippen LogP contribution in [-0.4, -0.2) is 51.9 Å². The Balaban J connectivity index is 0.00000300. The van der Waals surface area contributed by atoms with Gasteiger partial charge in [0.05, 0.1) is 32.5 Å². The molecule has 0 aliphatic heterocycles. The second kappa shape index (κ2) is 20.9. The van der Waals surface area contributed by atoms with E-state index in [2.05, 4.69) is 20.5 Å². The van der Waals surface area contributed by atoms with Crippen molar-refractivity contribution in [3.63, 3.8) is 0 Å². The fraction of sp³-hybridized carbons (Fsp3) is 0. The molecule has 27 heteroatoms. The van der Waals surface area contributed by atoms with E-state index in [0.717, 1.165) is 36.4 Å². The van der Waals surface area contributed by atoms with Crippen LogP contribution in [0.5, 0.6) is 11.5 Å². The molecule has 0 unspecified atom stereocenters. The number of rotatable bonds is 10. The van der Waals surface area contributed by atoms with Crippen LogP contribution in [0.15, 0.2) is 147 Å². The van der Waals surface area contributed by atoms with Crippen LogP contribution < -0.4 is 128 Å². The summed E-state index contributed by atoms with van der Waals surface area (Å²) < 4.78 is 137. The van der Waals surface area contributed by atoms with Crippen LogP contribution in [0.1, 0.15) is 0 Å². The molecule has 6 aromatic carbocycles. The Morgan fingerprint density at radius 1 is 0.458 bits per heavy atom. The maximum absolute atomic E-state index is 12.7. The Morgan fingerprint density at radius 2 is 0.780 bits per heavy atom. The zero-order valence-electron chi connectivity index (χ0n) is 30.9. The number of benzene rings is 6.